The van der Waals surface area contributed by atoms with E-state index in [2.05, 4.69) is 5.32 Å². The van der Waals surface area contributed by atoms with Crippen LogP contribution in [-0.2, 0) is 10.0 Å². The molecular formula is C14H20ClN3O4S. The number of hydrogen-bond acceptors (Lipinski definition) is 5. The normalized spacial score (nSPS) is 15.1. The number of fused-ring (bicyclic) bond motifs is 1. The zero-order chi connectivity index (χ0) is 16.5. The lowest BCUT2D eigenvalue weighted by Crippen LogP contribution is -2.32. The first kappa shape index (κ1) is 19.4. The number of nitrogens with zero attached hydrogens (tertiary/aromatic N) is 2. The van der Waals surface area contributed by atoms with Gasteiger partial charge in [-0.15, -0.1) is 12.4 Å². The minimum Gasteiger partial charge on any atom is -0.340 e. The van der Waals surface area contributed by atoms with E-state index in [9.17, 15) is 18.0 Å². The molecule has 0 unspecified atom stereocenters. The summed E-state index contributed by atoms with van der Waals surface area (Å²) in [6, 6.07) is 4.18. The van der Waals surface area contributed by atoms with Crippen LogP contribution in [0.15, 0.2) is 23.1 Å². The first-order chi connectivity index (χ1) is 10.3. The van der Waals surface area contributed by atoms with Crippen LogP contribution in [0.2, 0.25) is 0 Å². The van der Waals surface area contributed by atoms with E-state index < -0.39 is 15.9 Å². The summed E-state index contributed by atoms with van der Waals surface area (Å²) in [6.45, 7) is 2.80. The average molecular weight is 362 g/mol. The number of halogens is 1. The van der Waals surface area contributed by atoms with Crippen LogP contribution in [0, 0.1) is 0 Å². The lowest BCUT2D eigenvalue weighted by atomic mass is 10.1. The van der Waals surface area contributed by atoms with Crippen molar-refractivity contribution in [2.45, 2.75) is 11.8 Å². The van der Waals surface area contributed by atoms with Crippen molar-refractivity contribution in [1.82, 2.24) is 14.5 Å². The summed E-state index contributed by atoms with van der Waals surface area (Å²) < 4.78 is 25.4. The molecule has 23 heavy (non-hydrogen) atoms. The summed E-state index contributed by atoms with van der Waals surface area (Å²) in [5, 5.41) is 2.94. The van der Waals surface area contributed by atoms with E-state index in [0.717, 1.165) is 4.31 Å². The molecule has 9 heteroatoms. The molecule has 1 aromatic rings. The molecule has 0 aliphatic carbocycles. The van der Waals surface area contributed by atoms with Crippen molar-refractivity contribution in [1.29, 1.82) is 0 Å². The molecule has 0 aromatic heterocycles. The van der Waals surface area contributed by atoms with Crippen LogP contribution in [0.25, 0.3) is 0 Å². The van der Waals surface area contributed by atoms with Crippen LogP contribution >= 0.6 is 12.4 Å². The summed E-state index contributed by atoms with van der Waals surface area (Å²) in [5.41, 5.74) is 0.378. The number of hydrogen-bond donors (Lipinski definition) is 1. The van der Waals surface area contributed by atoms with Gasteiger partial charge in [0, 0.05) is 32.2 Å². The van der Waals surface area contributed by atoms with Gasteiger partial charge in [-0.05, 0) is 32.2 Å². The smallest absolute Gasteiger partial charge is 0.268 e. The standard InChI is InChI=1S/C14H19N3O4S.ClH/c1-4-17-14(19)11-6-5-10(9-12(11)22(17,20)21)13(18)16(3)8-7-15-2;/h5-6,9,15H,4,7-8H2,1-3H3;1H. The van der Waals surface area contributed by atoms with Gasteiger partial charge in [-0.2, -0.15) is 0 Å². The monoisotopic (exact) mass is 361 g/mol. The van der Waals surface area contributed by atoms with Gasteiger partial charge in [0.05, 0.1) is 5.56 Å². The Morgan fingerprint density at radius 2 is 2.00 bits per heavy atom. The van der Waals surface area contributed by atoms with Crippen LogP contribution in [0.1, 0.15) is 27.6 Å². The number of sulfonamides is 1. The topological polar surface area (TPSA) is 86.8 Å². The van der Waals surface area contributed by atoms with Gasteiger partial charge in [0.25, 0.3) is 21.8 Å². The minimum absolute atomic E-state index is 0. The second-order valence-electron chi connectivity index (χ2n) is 5.02. The molecule has 0 spiro atoms. The van der Waals surface area contributed by atoms with Crippen molar-refractivity contribution in [3.8, 4) is 0 Å². The van der Waals surface area contributed by atoms with Crippen LogP contribution in [-0.4, -0.2) is 63.2 Å². The van der Waals surface area contributed by atoms with Gasteiger partial charge in [-0.25, -0.2) is 12.7 Å². The number of carbonyl (C=O) groups is 2. The molecule has 1 aromatic carbocycles. The third-order valence-corrected chi connectivity index (χ3v) is 5.48. The molecule has 0 fully saturated rings. The first-order valence-corrected chi connectivity index (χ1v) is 8.39. The number of carbonyl (C=O) groups excluding carboxylic acids is 2. The van der Waals surface area contributed by atoms with Crippen molar-refractivity contribution in [3.05, 3.63) is 29.3 Å². The first-order valence-electron chi connectivity index (χ1n) is 6.95. The maximum Gasteiger partial charge on any atom is 0.268 e. The van der Waals surface area contributed by atoms with E-state index >= 15 is 0 Å². The van der Waals surface area contributed by atoms with Crippen LogP contribution in [0.4, 0.5) is 0 Å². The molecule has 1 aliphatic rings. The summed E-state index contributed by atoms with van der Waals surface area (Å²) in [6.07, 6.45) is 0. The highest BCUT2D eigenvalue weighted by atomic mass is 35.5. The molecule has 1 aliphatic heterocycles. The predicted molar refractivity (Wildman–Crippen MR) is 88.5 cm³/mol. The molecule has 2 amide bonds. The second-order valence-corrected chi connectivity index (χ2v) is 6.85. The largest absolute Gasteiger partial charge is 0.340 e. The fraction of sp³-hybridized carbons (Fsp3) is 0.429. The summed E-state index contributed by atoms with van der Waals surface area (Å²) in [7, 11) is -0.417. The maximum atomic E-state index is 12.3. The van der Waals surface area contributed by atoms with E-state index in [0.29, 0.717) is 13.1 Å². The van der Waals surface area contributed by atoms with E-state index in [1.165, 1.54) is 23.1 Å². The number of benzene rings is 1. The van der Waals surface area contributed by atoms with Gasteiger partial charge in [-0.3, -0.25) is 9.59 Å². The molecule has 128 valence electrons. The van der Waals surface area contributed by atoms with Crippen molar-refractivity contribution in [2.75, 3.05) is 33.7 Å². The van der Waals surface area contributed by atoms with Gasteiger partial charge in [0.2, 0.25) is 0 Å². The number of amides is 2. The van der Waals surface area contributed by atoms with E-state index in [4.69, 9.17) is 0 Å². The second kappa shape index (κ2) is 7.29. The Bertz CT molecular complexity index is 721. The fourth-order valence-electron chi connectivity index (χ4n) is 2.32. The fourth-order valence-corrected chi connectivity index (χ4v) is 3.93. The predicted octanol–water partition coefficient (Wildman–Crippen LogP) is 0.564. The third-order valence-electron chi connectivity index (χ3n) is 3.58. The minimum atomic E-state index is -3.84. The summed E-state index contributed by atoms with van der Waals surface area (Å²) >= 11 is 0. The van der Waals surface area contributed by atoms with Gasteiger partial charge < -0.3 is 10.2 Å². The van der Waals surface area contributed by atoms with Crippen LogP contribution in [0.3, 0.4) is 0 Å². The highest BCUT2D eigenvalue weighted by molar-refractivity contribution is 7.90. The Kier molecular flexibility index (Phi) is 6.15. The molecular weight excluding hydrogens is 342 g/mol. The Morgan fingerprint density at radius 1 is 1.35 bits per heavy atom. The Morgan fingerprint density at radius 3 is 2.57 bits per heavy atom. The Labute approximate surface area is 142 Å². The molecule has 0 saturated heterocycles. The Hall–Kier alpha value is -1.64. The average Bonchev–Trinajstić information content (AvgIpc) is 2.70. The molecule has 0 radical (unpaired) electrons. The summed E-state index contributed by atoms with van der Waals surface area (Å²) in [5.74, 6) is -0.823. The van der Waals surface area contributed by atoms with Crippen molar-refractivity contribution >= 4 is 34.2 Å². The molecule has 1 heterocycles. The van der Waals surface area contributed by atoms with Gasteiger partial charge in [-0.1, -0.05) is 0 Å². The molecule has 0 bridgehead atoms. The number of likely N-dealkylation sites (N-methyl/N-ethyl adjacent to an activating group) is 2. The number of nitrogens with one attached hydrogen (secondary N) is 1. The Balaban J connectivity index is 0.00000264. The lowest BCUT2D eigenvalue weighted by Gasteiger charge is -2.17. The van der Waals surface area contributed by atoms with Crippen molar-refractivity contribution in [2.24, 2.45) is 0 Å². The molecule has 2 rings (SSSR count). The highest BCUT2D eigenvalue weighted by Gasteiger charge is 2.40. The molecule has 1 N–H and O–H groups in total. The van der Waals surface area contributed by atoms with E-state index in [1.54, 1.807) is 21.0 Å². The van der Waals surface area contributed by atoms with Crippen molar-refractivity contribution in [3.63, 3.8) is 0 Å². The van der Waals surface area contributed by atoms with Gasteiger partial charge in [0.15, 0.2) is 0 Å². The quantitative estimate of drug-likeness (QED) is 0.828. The zero-order valence-electron chi connectivity index (χ0n) is 13.2. The maximum absolute atomic E-state index is 12.3. The molecule has 0 atom stereocenters. The highest BCUT2D eigenvalue weighted by Crippen LogP contribution is 2.30. The SMILES string of the molecule is CCN1C(=O)c2ccc(C(=O)N(C)CCNC)cc2S1(=O)=O.Cl. The lowest BCUT2D eigenvalue weighted by molar-refractivity contribution is 0.0795. The van der Waals surface area contributed by atoms with Gasteiger partial charge >= 0.3 is 0 Å². The van der Waals surface area contributed by atoms with Crippen molar-refractivity contribution < 1.29 is 18.0 Å². The van der Waals surface area contributed by atoms with Crippen LogP contribution in [0.5, 0.6) is 0 Å². The third kappa shape index (κ3) is 3.34. The van der Waals surface area contributed by atoms with Crippen LogP contribution < -0.4 is 5.32 Å². The number of rotatable bonds is 5. The van der Waals surface area contributed by atoms with E-state index in [1.807, 2.05) is 0 Å². The van der Waals surface area contributed by atoms with E-state index in [-0.39, 0.29) is 40.9 Å². The molecule has 0 saturated carbocycles. The summed E-state index contributed by atoms with van der Waals surface area (Å²) in [4.78, 5) is 25.8. The zero-order valence-corrected chi connectivity index (χ0v) is 14.8. The van der Waals surface area contributed by atoms with Gasteiger partial charge in [0.1, 0.15) is 4.90 Å². The molecule has 7 nitrogen and oxygen atoms in total.